The average molecular weight is 420 g/mol. The average Bonchev–Trinajstić information content (AvgIpc) is 2.64. The van der Waals surface area contributed by atoms with Crippen molar-refractivity contribution in [1.82, 2.24) is 0 Å². The summed E-state index contributed by atoms with van der Waals surface area (Å²) in [6.07, 6.45) is -4.25. The largest absolute Gasteiger partial charge is 0.394 e. The van der Waals surface area contributed by atoms with Gasteiger partial charge in [-0.2, -0.15) is 0 Å². The topological polar surface area (TPSA) is 149 Å². The van der Waals surface area contributed by atoms with Gasteiger partial charge in [0, 0.05) is 18.9 Å². The highest BCUT2D eigenvalue weighted by Crippen LogP contribution is 2.51. The van der Waals surface area contributed by atoms with E-state index in [0.29, 0.717) is 6.42 Å². The molecule has 9 nitrogen and oxygen atoms in total. The molecule has 0 spiro atoms. The summed E-state index contributed by atoms with van der Waals surface area (Å²) in [6, 6.07) is 0. The van der Waals surface area contributed by atoms with E-state index in [1.54, 1.807) is 26.0 Å². The van der Waals surface area contributed by atoms with Crippen LogP contribution in [0.3, 0.4) is 0 Å². The van der Waals surface area contributed by atoms with Gasteiger partial charge in [-0.05, 0) is 20.3 Å². The first kappa shape index (κ1) is 24.6. The summed E-state index contributed by atoms with van der Waals surface area (Å²) in [5.41, 5.74) is -3.15. The Morgan fingerprint density at radius 2 is 1.69 bits per heavy atom. The van der Waals surface area contributed by atoms with Crippen LogP contribution < -0.4 is 0 Å². The minimum absolute atomic E-state index is 0.260. The van der Waals surface area contributed by atoms with Crippen molar-refractivity contribution >= 4 is 0 Å². The fourth-order valence-corrected chi connectivity index (χ4v) is 4.49. The van der Waals surface area contributed by atoms with Crippen molar-refractivity contribution in [2.75, 3.05) is 13.7 Å². The molecule has 1 saturated carbocycles. The van der Waals surface area contributed by atoms with Gasteiger partial charge in [0.2, 0.25) is 0 Å². The SMILES string of the molecule is CO[C@@]1(C)C[C@H](O)CC(C)(C)[C@@]1(O)/C=C/[C@H](C)O[C@@H]1O[C@H](CO)[C@@H](O)[C@H](O)[C@H]1O. The van der Waals surface area contributed by atoms with Gasteiger partial charge >= 0.3 is 0 Å². The first-order chi connectivity index (χ1) is 13.3. The lowest BCUT2D eigenvalue weighted by molar-refractivity contribution is -0.306. The van der Waals surface area contributed by atoms with Crippen LogP contribution in [0, 0.1) is 5.41 Å². The molecule has 0 aromatic rings. The van der Waals surface area contributed by atoms with Crippen LogP contribution in [0.2, 0.25) is 0 Å². The van der Waals surface area contributed by atoms with Crippen molar-refractivity contribution in [3.63, 3.8) is 0 Å². The maximum absolute atomic E-state index is 11.5. The predicted octanol–water partition coefficient (Wildman–Crippen LogP) is -0.935. The summed E-state index contributed by atoms with van der Waals surface area (Å²) in [5, 5.41) is 60.9. The fraction of sp³-hybridized carbons (Fsp3) is 0.900. The van der Waals surface area contributed by atoms with Crippen LogP contribution in [0.25, 0.3) is 0 Å². The Morgan fingerprint density at radius 3 is 2.24 bits per heavy atom. The van der Waals surface area contributed by atoms with E-state index in [4.69, 9.17) is 14.2 Å². The number of hydrogen-bond donors (Lipinski definition) is 6. The van der Waals surface area contributed by atoms with E-state index >= 15 is 0 Å². The Morgan fingerprint density at radius 1 is 1.07 bits per heavy atom. The fourth-order valence-electron chi connectivity index (χ4n) is 4.49. The molecular weight excluding hydrogens is 384 g/mol. The maximum Gasteiger partial charge on any atom is 0.187 e. The number of hydrogen-bond acceptors (Lipinski definition) is 9. The standard InChI is InChI=1S/C20H36O9/c1-11(28-17-16(25)15(24)14(23)13(10-21)29-17)6-7-20(26)18(2,3)8-12(22)9-19(20,4)27-5/h6-7,11-17,21-26H,8-10H2,1-5H3/b7-6+/t11-,12+,13+,14+,15-,16+,17+,19-,20-/m0/s1. The second-order valence-corrected chi connectivity index (χ2v) is 9.04. The van der Waals surface area contributed by atoms with Crippen LogP contribution in [0.15, 0.2) is 12.2 Å². The molecule has 6 N–H and O–H groups in total. The van der Waals surface area contributed by atoms with Gasteiger partial charge in [-0.1, -0.05) is 26.0 Å². The molecule has 9 heteroatoms. The minimum Gasteiger partial charge on any atom is -0.394 e. The van der Waals surface area contributed by atoms with Crippen LogP contribution in [-0.2, 0) is 14.2 Å². The molecule has 1 aliphatic carbocycles. The van der Waals surface area contributed by atoms with Gasteiger partial charge in [0.1, 0.15) is 35.6 Å². The summed E-state index contributed by atoms with van der Waals surface area (Å²) < 4.78 is 16.6. The molecule has 0 unspecified atom stereocenters. The second-order valence-electron chi connectivity index (χ2n) is 9.04. The van der Waals surface area contributed by atoms with Crippen molar-refractivity contribution < 1.29 is 44.8 Å². The highest BCUT2D eigenvalue weighted by Gasteiger charge is 2.59. The Bertz CT molecular complexity index is 580. The van der Waals surface area contributed by atoms with E-state index in [1.807, 2.05) is 13.8 Å². The van der Waals surface area contributed by atoms with Crippen LogP contribution >= 0.6 is 0 Å². The van der Waals surface area contributed by atoms with Crippen molar-refractivity contribution in [2.24, 2.45) is 5.41 Å². The van der Waals surface area contributed by atoms with Gasteiger partial charge in [-0.3, -0.25) is 0 Å². The Hall–Kier alpha value is -0.620. The smallest absolute Gasteiger partial charge is 0.187 e. The van der Waals surface area contributed by atoms with Gasteiger partial charge in [0.15, 0.2) is 6.29 Å². The highest BCUT2D eigenvalue weighted by atomic mass is 16.7. The molecule has 2 rings (SSSR count). The highest BCUT2D eigenvalue weighted by molar-refractivity contribution is 5.22. The van der Waals surface area contributed by atoms with E-state index in [9.17, 15) is 30.6 Å². The zero-order valence-electron chi connectivity index (χ0n) is 17.7. The summed E-state index contributed by atoms with van der Waals surface area (Å²) in [7, 11) is 1.49. The number of ether oxygens (including phenoxy) is 3. The second kappa shape index (κ2) is 8.86. The Kier molecular flexibility index (Phi) is 7.53. The molecule has 9 atom stereocenters. The summed E-state index contributed by atoms with van der Waals surface area (Å²) in [6.45, 7) is 6.55. The molecule has 29 heavy (non-hydrogen) atoms. The monoisotopic (exact) mass is 420 g/mol. The molecule has 2 fully saturated rings. The maximum atomic E-state index is 11.5. The number of methoxy groups -OCH3 is 1. The molecule has 0 amide bonds. The Labute approximate surface area is 171 Å². The van der Waals surface area contributed by atoms with E-state index in [1.165, 1.54) is 7.11 Å². The molecule has 1 heterocycles. The zero-order valence-corrected chi connectivity index (χ0v) is 17.7. The van der Waals surface area contributed by atoms with E-state index in [2.05, 4.69) is 0 Å². The molecule has 0 bridgehead atoms. The van der Waals surface area contributed by atoms with Crippen molar-refractivity contribution in [2.45, 2.75) is 94.7 Å². The zero-order chi connectivity index (χ0) is 22.2. The van der Waals surface area contributed by atoms with Crippen LogP contribution in [-0.4, -0.2) is 98.5 Å². The van der Waals surface area contributed by atoms with Gasteiger partial charge in [0.05, 0.1) is 18.8 Å². The van der Waals surface area contributed by atoms with E-state index in [0.717, 1.165) is 0 Å². The molecule has 0 aromatic heterocycles. The lowest BCUT2D eigenvalue weighted by Crippen LogP contribution is -2.65. The summed E-state index contributed by atoms with van der Waals surface area (Å²) >= 11 is 0. The van der Waals surface area contributed by atoms with Crippen molar-refractivity contribution in [1.29, 1.82) is 0 Å². The molecule has 170 valence electrons. The third-order valence-electron chi connectivity index (χ3n) is 6.47. The number of aliphatic hydroxyl groups is 6. The van der Waals surface area contributed by atoms with Crippen LogP contribution in [0.5, 0.6) is 0 Å². The molecule has 0 radical (unpaired) electrons. The quantitative estimate of drug-likeness (QED) is 0.300. The normalized spacial score (nSPS) is 46.7. The molecule has 1 aliphatic heterocycles. The predicted molar refractivity (Wildman–Crippen MR) is 103 cm³/mol. The first-order valence-electron chi connectivity index (χ1n) is 9.93. The van der Waals surface area contributed by atoms with E-state index < -0.39 is 66.1 Å². The molecule has 1 saturated heterocycles. The van der Waals surface area contributed by atoms with Gasteiger partial charge in [0.25, 0.3) is 0 Å². The lowest BCUT2D eigenvalue weighted by atomic mass is 9.57. The molecule has 0 aromatic carbocycles. The van der Waals surface area contributed by atoms with Gasteiger partial charge in [-0.15, -0.1) is 0 Å². The van der Waals surface area contributed by atoms with Crippen molar-refractivity contribution in [3.8, 4) is 0 Å². The Balaban J connectivity index is 2.17. The minimum atomic E-state index is -1.53. The third-order valence-corrected chi connectivity index (χ3v) is 6.47. The van der Waals surface area contributed by atoms with Crippen LogP contribution in [0.4, 0.5) is 0 Å². The van der Waals surface area contributed by atoms with Gasteiger partial charge in [-0.25, -0.2) is 0 Å². The van der Waals surface area contributed by atoms with Crippen LogP contribution in [0.1, 0.15) is 40.5 Å². The molecular formula is C20H36O9. The molecule has 2 aliphatic rings. The number of rotatable bonds is 6. The lowest BCUT2D eigenvalue weighted by Gasteiger charge is -2.56. The summed E-state index contributed by atoms with van der Waals surface area (Å²) in [5.74, 6) is 0. The van der Waals surface area contributed by atoms with Gasteiger partial charge < -0.3 is 44.8 Å². The third kappa shape index (κ3) is 4.53. The van der Waals surface area contributed by atoms with Crippen molar-refractivity contribution in [3.05, 3.63) is 12.2 Å². The summed E-state index contributed by atoms with van der Waals surface area (Å²) in [4.78, 5) is 0. The number of aliphatic hydroxyl groups excluding tert-OH is 5. The van der Waals surface area contributed by atoms with E-state index in [-0.39, 0.29) is 6.42 Å². The first-order valence-corrected chi connectivity index (χ1v) is 9.93.